The van der Waals surface area contributed by atoms with Crippen molar-refractivity contribution in [1.82, 2.24) is 0 Å². The van der Waals surface area contributed by atoms with Gasteiger partial charge >= 0.3 is 0 Å². The average Bonchev–Trinajstić information content (AvgIpc) is 2.20. The van der Waals surface area contributed by atoms with Gasteiger partial charge in [-0.2, -0.15) is 0 Å². The van der Waals surface area contributed by atoms with Crippen LogP contribution in [0, 0.1) is 17.6 Å². The van der Waals surface area contributed by atoms with Crippen LogP contribution in [0.2, 0.25) is 0 Å². The van der Waals surface area contributed by atoms with Gasteiger partial charge in [-0.3, -0.25) is 0 Å². The first-order chi connectivity index (χ1) is 6.69. The molecule has 0 aliphatic rings. The van der Waals surface area contributed by atoms with E-state index in [1.807, 2.05) is 0 Å². The molecule has 1 aromatic rings. The molecule has 0 atom stereocenters. The first kappa shape index (κ1) is 11.1. The van der Waals surface area contributed by atoms with Crippen molar-refractivity contribution in [3.8, 4) is 0 Å². The van der Waals surface area contributed by atoms with E-state index >= 15 is 0 Å². The Morgan fingerprint density at radius 1 is 1.14 bits per heavy atom. The van der Waals surface area contributed by atoms with E-state index in [0.29, 0.717) is 0 Å². The number of rotatable bonds is 4. The zero-order valence-corrected chi connectivity index (χ0v) is 7.58. The van der Waals surface area contributed by atoms with E-state index in [-0.39, 0.29) is 25.2 Å². The summed E-state index contributed by atoms with van der Waals surface area (Å²) in [5.74, 6) is -2.25. The molecule has 2 N–H and O–H groups in total. The van der Waals surface area contributed by atoms with Gasteiger partial charge in [0.2, 0.25) is 0 Å². The van der Waals surface area contributed by atoms with Crippen LogP contribution in [-0.4, -0.2) is 23.4 Å². The van der Waals surface area contributed by atoms with Gasteiger partial charge in [0.05, 0.1) is 0 Å². The van der Waals surface area contributed by atoms with Crippen LogP contribution in [-0.2, 0) is 6.42 Å². The van der Waals surface area contributed by atoms with E-state index in [1.54, 1.807) is 0 Å². The Bertz CT molecular complexity index is 298. The summed E-state index contributed by atoms with van der Waals surface area (Å²) in [7, 11) is 0. The molecule has 0 amide bonds. The number of halogens is 2. The molecular formula is C10H12F2O2. The molecular weight excluding hydrogens is 190 g/mol. The van der Waals surface area contributed by atoms with Crippen LogP contribution in [0.1, 0.15) is 5.56 Å². The van der Waals surface area contributed by atoms with Crippen molar-refractivity contribution in [2.24, 2.45) is 5.92 Å². The van der Waals surface area contributed by atoms with Gasteiger partial charge in [-0.05, 0) is 18.1 Å². The number of hydrogen-bond donors (Lipinski definition) is 2. The first-order valence-electron chi connectivity index (χ1n) is 4.33. The van der Waals surface area contributed by atoms with Gasteiger partial charge in [0.1, 0.15) is 0 Å². The van der Waals surface area contributed by atoms with Crippen LogP contribution < -0.4 is 0 Å². The topological polar surface area (TPSA) is 40.5 Å². The zero-order valence-electron chi connectivity index (χ0n) is 7.58. The van der Waals surface area contributed by atoms with Crippen molar-refractivity contribution >= 4 is 0 Å². The molecule has 0 saturated carbocycles. The van der Waals surface area contributed by atoms with Crippen molar-refractivity contribution in [1.29, 1.82) is 0 Å². The van der Waals surface area contributed by atoms with Crippen LogP contribution >= 0.6 is 0 Å². The number of benzene rings is 1. The fraction of sp³-hybridized carbons (Fsp3) is 0.400. The van der Waals surface area contributed by atoms with E-state index in [4.69, 9.17) is 10.2 Å². The van der Waals surface area contributed by atoms with Gasteiger partial charge in [0, 0.05) is 19.1 Å². The van der Waals surface area contributed by atoms with E-state index in [0.717, 1.165) is 6.07 Å². The van der Waals surface area contributed by atoms with Crippen molar-refractivity contribution < 1.29 is 19.0 Å². The molecule has 0 aliphatic heterocycles. The predicted octanol–water partition coefficient (Wildman–Crippen LogP) is 1.11. The summed E-state index contributed by atoms with van der Waals surface area (Å²) < 4.78 is 25.8. The van der Waals surface area contributed by atoms with Crippen LogP contribution in [0.5, 0.6) is 0 Å². The molecule has 0 unspecified atom stereocenters. The molecule has 0 spiro atoms. The monoisotopic (exact) mass is 202 g/mol. The summed E-state index contributed by atoms with van der Waals surface area (Å²) in [5.41, 5.74) is 0.179. The smallest absolute Gasteiger partial charge is 0.162 e. The third-order valence-corrected chi connectivity index (χ3v) is 2.06. The maximum atomic E-state index is 13.1. The summed E-state index contributed by atoms with van der Waals surface area (Å²) in [6.45, 7) is -0.487. The summed E-state index contributed by atoms with van der Waals surface area (Å²) in [5, 5.41) is 17.5. The van der Waals surface area contributed by atoms with E-state index in [2.05, 4.69) is 0 Å². The molecule has 0 fully saturated rings. The minimum Gasteiger partial charge on any atom is -0.396 e. The van der Waals surface area contributed by atoms with Gasteiger partial charge in [-0.25, -0.2) is 8.78 Å². The second kappa shape index (κ2) is 5.02. The molecule has 0 bridgehead atoms. The lowest BCUT2D eigenvalue weighted by Gasteiger charge is -2.11. The molecule has 0 aliphatic carbocycles. The number of aliphatic hydroxyl groups is 2. The molecule has 0 heterocycles. The largest absolute Gasteiger partial charge is 0.396 e. The van der Waals surface area contributed by atoms with Crippen molar-refractivity contribution in [2.75, 3.05) is 13.2 Å². The van der Waals surface area contributed by atoms with Crippen LogP contribution in [0.25, 0.3) is 0 Å². The Morgan fingerprint density at radius 2 is 1.79 bits per heavy atom. The molecule has 0 radical (unpaired) electrons. The molecule has 14 heavy (non-hydrogen) atoms. The standard InChI is InChI=1S/C10H12F2O2/c11-9-3-1-2-8(10(9)12)4-7(5-13)6-14/h1-3,7,13-14H,4-6H2. The SMILES string of the molecule is OCC(CO)Cc1cccc(F)c1F. The number of aliphatic hydroxyl groups excluding tert-OH is 2. The highest BCUT2D eigenvalue weighted by Crippen LogP contribution is 2.15. The van der Waals surface area contributed by atoms with Gasteiger partial charge in [-0.15, -0.1) is 0 Å². The minimum absolute atomic E-state index is 0.136. The maximum absolute atomic E-state index is 13.1. The van der Waals surface area contributed by atoms with E-state index in [9.17, 15) is 8.78 Å². The normalized spacial score (nSPS) is 10.9. The molecule has 1 rings (SSSR count). The zero-order chi connectivity index (χ0) is 10.6. The lowest BCUT2D eigenvalue weighted by atomic mass is 10.0. The predicted molar refractivity (Wildman–Crippen MR) is 47.7 cm³/mol. The molecule has 78 valence electrons. The van der Waals surface area contributed by atoms with Crippen molar-refractivity contribution in [3.05, 3.63) is 35.4 Å². The quantitative estimate of drug-likeness (QED) is 0.767. The summed E-state index contributed by atoms with van der Waals surface area (Å²) >= 11 is 0. The molecule has 0 saturated heterocycles. The fourth-order valence-electron chi connectivity index (χ4n) is 1.20. The van der Waals surface area contributed by atoms with Gasteiger partial charge in [0.15, 0.2) is 11.6 Å². The van der Waals surface area contributed by atoms with Gasteiger partial charge in [-0.1, -0.05) is 12.1 Å². The number of hydrogen-bond acceptors (Lipinski definition) is 2. The average molecular weight is 202 g/mol. The lowest BCUT2D eigenvalue weighted by Crippen LogP contribution is -2.15. The Morgan fingerprint density at radius 3 is 2.36 bits per heavy atom. The maximum Gasteiger partial charge on any atom is 0.162 e. The van der Waals surface area contributed by atoms with E-state index in [1.165, 1.54) is 12.1 Å². The summed E-state index contributed by atoms with van der Waals surface area (Å²) in [6.07, 6.45) is 0.136. The Labute approximate surface area is 80.8 Å². The van der Waals surface area contributed by atoms with Gasteiger partial charge in [0.25, 0.3) is 0 Å². The minimum atomic E-state index is -0.905. The lowest BCUT2D eigenvalue weighted by molar-refractivity contribution is 0.149. The van der Waals surface area contributed by atoms with Gasteiger partial charge < -0.3 is 10.2 Å². The van der Waals surface area contributed by atoms with Crippen LogP contribution in [0.3, 0.4) is 0 Å². The summed E-state index contributed by atoms with van der Waals surface area (Å²) in [4.78, 5) is 0. The Hall–Kier alpha value is -1.00. The second-order valence-corrected chi connectivity index (χ2v) is 3.15. The van der Waals surface area contributed by atoms with Crippen molar-refractivity contribution in [2.45, 2.75) is 6.42 Å². The molecule has 0 aromatic heterocycles. The highest BCUT2D eigenvalue weighted by Gasteiger charge is 2.12. The van der Waals surface area contributed by atoms with Crippen molar-refractivity contribution in [3.63, 3.8) is 0 Å². The fourth-order valence-corrected chi connectivity index (χ4v) is 1.20. The Kier molecular flexibility index (Phi) is 3.98. The Balaban J connectivity index is 2.80. The third-order valence-electron chi connectivity index (χ3n) is 2.06. The summed E-state index contributed by atoms with van der Waals surface area (Å²) in [6, 6.07) is 3.88. The first-order valence-corrected chi connectivity index (χ1v) is 4.33. The highest BCUT2D eigenvalue weighted by molar-refractivity contribution is 5.19. The van der Waals surface area contributed by atoms with Crippen LogP contribution in [0.15, 0.2) is 18.2 Å². The molecule has 2 nitrogen and oxygen atoms in total. The third kappa shape index (κ3) is 2.49. The molecule has 1 aromatic carbocycles. The van der Waals surface area contributed by atoms with Crippen LogP contribution in [0.4, 0.5) is 8.78 Å². The van der Waals surface area contributed by atoms with E-state index < -0.39 is 17.6 Å². The molecule has 4 heteroatoms. The second-order valence-electron chi connectivity index (χ2n) is 3.15. The highest BCUT2D eigenvalue weighted by atomic mass is 19.2.